The van der Waals surface area contributed by atoms with Gasteiger partial charge in [-0.25, -0.2) is 0 Å². The number of rotatable bonds is 25. The molecule has 4 aromatic rings. The summed E-state index contributed by atoms with van der Waals surface area (Å²) in [7, 11) is 0. The maximum atomic E-state index is 10.6. The van der Waals surface area contributed by atoms with Crippen molar-refractivity contribution in [1.82, 2.24) is 0 Å². The van der Waals surface area contributed by atoms with Crippen LogP contribution in [0.25, 0.3) is 12.2 Å². The van der Waals surface area contributed by atoms with E-state index >= 15 is 0 Å². The molecule has 7 nitrogen and oxygen atoms in total. The predicted octanol–water partition coefficient (Wildman–Crippen LogP) is 14.0. The van der Waals surface area contributed by atoms with Gasteiger partial charge in [-0.15, -0.1) is 0 Å². The Morgan fingerprint density at radius 3 is 1.33 bits per heavy atom. The maximum Gasteiger partial charge on any atom is 0.122 e. The van der Waals surface area contributed by atoms with Crippen LogP contribution in [0, 0.1) is 27.7 Å². The Labute approximate surface area is 418 Å². The Bertz CT molecular complexity index is 2230. The molecule has 1 heterocycles. The van der Waals surface area contributed by atoms with Crippen molar-refractivity contribution in [2.24, 2.45) is 0 Å². The number of benzene rings is 4. The minimum Gasteiger partial charge on any atom is -0.491 e. The second-order valence-corrected chi connectivity index (χ2v) is 19.7. The van der Waals surface area contributed by atoms with Gasteiger partial charge in [0.25, 0.3) is 0 Å². The lowest BCUT2D eigenvalue weighted by Crippen LogP contribution is -2.26. The molecule has 0 spiro atoms. The Kier molecular flexibility index (Phi) is 22.3. The van der Waals surface area contributed by atoms with Crippen molar-refractivity contribution in [2.45, 2.75) is 194 Å². The first-order chi connectivity index (χ1) is 33.0. The molecule has 0 amide bonds. The highest BCUT2D eigenvalue weighted by molar-refractivity contribution is 5.59. The predicted molar refractivity (Wildman–Crippen MR) is 289 cm³/mol. The van der Waals surface area contributed by atoms with Gasteiger partial charge in [0.05, 0.1) is 23.4 Å². The summed E-state index contributed by atoms with van der Waals surface area (Å²) in [6, 6.07) is 26.6. The number of hydrogen-bond donors (Lipinski definition) is 4. The Balaban J connectivity index is 0.000000301. The lowest BCUT2D eigenvalue weighted by atomic mass is 9.70. The molecule has 1 fully saturated rings. The number of aryl methyl sites for hydroxylation is 4. The molecule has 69 heavy (non-hydrogen) atoms. The molecule has 0 aromatic heterocycles. The second-order valence-electron chi connectivity index (χ2n) is 19.7. The first-order valence-corrected chi connectivity index (χ1v) is 26.4. The quantitative estimate of drug-likeness (QED) is 0.0524. The maximum absolute atomic E-state index is 10.6. The zero-order chi connectivity index (χ0) is 50.8. The van der Waals surface area contributed by atoms with Gasteiger partial charge < -0.3 is 34.6 Å². The normalized spacial score (nSPS) is 15.2. The van der Waals surface area contributed by atoms with Crippen molar-refractivity contribution in [1.29, 1.82) is 0 Å². The number of aliphatic hydroxyl groups excluding tert-OH is 2. The van der Waals surface area contributed by atoms with Gasteiger partial charge in [-0.2, -0.15) is 0 Å². The van der Waals surface area contributed by atoms with E-state index in [0.29, 0.717) is 32.3 Å². The van der Waals surface area contributed by atoms with Gasteiger partial charge in [-0.3, -0.25) is 0 Å². The van der Waals surface area contributed by atoms with Crippen LogP contribution in [-0.2, 0) is 15.6 Å². The van der Waals surface area contributed by atoms with E-state index in [1.54, 1.807) is 0 Å². The molecular formula is C62H90O7. The molecule has 0 aliphatic carbocycles. The molecule has 1 aliphatic heterocycles. The monoisotopic (exact) mass is 947 g/mol. The van der Waals surface area contributed by atoms with Gasteiger partial charge in [0.2, 0.25) is 0 Å². The summed E-state index contributed by atoms with van der Waals surface area (Å²) in [5, 5.41) is 40.2. The van der Waals surface area contributed by atoms with Gasteiger partial charge >= 0.3 is 0 Å². The molecule has 1 aliphatic rings. The summed E-state index contributed by atoms with van der Waals surface area (Å²) in [4.78, 5) is 0. The largest absolute Gasteiger partial charge is 0.491 e. The highest BCUT2D eigenvalue weighted by Crippen LogP contribution is 2.43. The molecule has 0 radical (unpaired) electrons. The van der Waals surface area contributed by atoms with Crippen LogP contribution >= 0.6 is 0 Å². The Morgan fingerprint density at radius 1 is 0.580 bits per heavy atom. The van der Waals surface area contributed by atoms with E-state index in [9.17, 15) is 15.3 Å². The summed E-state index contributed by atoms with van der Waals surface area (Å²) in [5.41, 5.74) is 10.6. The molecule has 0 saturated carbocycles. The summed E-state index contributed by atoms with van der Waals surface area (Å²) in [6.45, 7) is 27.4. The molecule has 7 heteroatoms. The average molecular weight is 947 g/mol. The van der Waals surface area contributed by atoms with Crippen LogP contribution in [0.5, 0.6) is 11.5 Å². The molecule has 4 N–H and O–H groups in total. The van der Waals surface area contributed by atoms with Gasteiger partial charge in [0.1, 0.15) is 24.7 Å². The minimum absolute atomic E-state index is 0.0432. The van der Waals surface area contributed by atoms with E-state index in [-0.39, 0.29) is 30.1 Å². The molecule has 0 unspecified atom stereocenters. The van der Waals surface area contributed by atoms with Crippen molar-refractivity contribution < 1.29 is 34.6 Å². The van der Waals surface area contributed by atoms with E-state index in [0.717, 1.165) is 80.6 Å². The van der Waals surface area contributed by atoms with Crippen molar-refractivity contribution in [2.75, 3.05) is 26.4 Å². The van der Waals surface area contributed by atoms with Crippen molar-refractivity contribution >= 4 is 12.2 Å². The van der Waals surface area contributed by atoms with Crippen LogP contribution in [0.4, 0.5) is 0 Å². The number of ether oxygens (including phenoxy) is 3. The number of hydrogen-bond acceptors (Lipinski definition) is 7. The summed E-state index contributed by atoms with van der Waals surface area (Å²) >= 11 is 0. The third-order valence-electron chi connectivity index (χ3n) is 15.7. The summed E-state index contributed by atoms with van der Waals surface area (Å²) in [5.74, 6) is 1.74. The highest BCUT2D eigenvalue weighted by atomic mass is 16.5. The fourth-order valence-corrected chi connectivity index (χ4v) is 10.0. The van der Waals surface area contributed by atoms with E-state index in [1.807, 2.05) is 45.9 Å². The molecular weight excluding hydrogens is 857 g/mol. The molecule has 380 valence electrons. The van der Waals surface area contributed by atoms with E-state index < -0.39 is 17.3 Å². The molecule has 1 saturated heterocycles. The van der Waals surface area contributed by atoms with Gasteiger partial charge in [0.15, 0.2) is 0 Å². The minimum atomic E-state index is -0.752. The third kappa shape index (κ3) is 14.7. The van der Waals surface area contributed by atoms with Gasteiger partial charge in [-0.1, -0.05) is 140 Å². The fraction of sp³-hybridized carbons (Fsp3) is 0.548. The fourth-order valence-electron chi connectivity index (χ4n) is 10.0. The van der Waals surface area contributed by atoms with E-state index in [1.165, 1.54) is 44.5 Å². The van der Waals surface area contributed by atoms with Crippen LogP contribution in [-0.4, -0.2) is 70.3 Å². The zero-order valence-electron chi connectivity index (χ0n) is 44.7. The molecule has 5 rings (SSSR count). The van der Waals surface area contributed by atoms with Gasteiger partial charge in [0, 0.05) is 24.0 Å². The first kappa shape index (κ1) is 57.3. The second kappa shape index (κ2) is 26.8. The van der Waals surface area contributed by atoms with E-state index in [2.05, 4.69) is 134 Å². The van der Waals surface area contributed by atoms with Gasteiger partial charge in [-0.05, 0) is 173 Å². The Morgan fingerprint density at radius 2 is 0.986 bits per heavy atom. The topological polar surface area (TPSA) is 109 Å². The standard InChI is InChI=1S/C31H46O4.C31H44O3/c1-7-30(34,8-2)18-17-25-13-14-26(20-23(25)5)31(9-3,10-4)27-15-16-29(24(6)21-27)35-22-28(33)12-11-19-32;1-7-30(32,8-2)18-17-25-13-14-26(20-23(25)5)31(9-3,10-4)27-15-16-29(24(6)21-27)34-22-28-12-11-19-33-28/h13-18,20-21,28,32-34H,7-12,19,22H2,1-6H3;13-18,20-21,28,32H,7-12,19,22H2,1-6H3/b2*18-17+/t2*28-/m11/s1. The van der Waals surface area contributed by atoms with Crippen molar-refractivity contribution in [3.8, 4) is 11.5 Å². The first-order valence-electron chi connectivity index (χ1n) is 26.4. The lowest BCUT2D eigenvalue weighted by molar-refractivity contribution is 0.0677. The van der Waals surface area contributed by atoms with Crippen LogP contribution in [0.3, 0.4) is 0 Å². The van der Waals surface area contributed by atoms with Crippen LogP contribution in [0.2, 0.25) is 0 Å². The van der Waals surface area contributed by atoms with E-state index in [4.69, 9.17) is 19.3 Å². The SMILES string of the molecule is CCC(O)(/C=C/c1ccc(C(CC)(CC)c2ccc(OC[C@H](O)CCCO)c(C)c2)cc1C)CC.CCC(O)(/C=C/c1ccc(C(CC)(CC)c2ccc(OC[C@H]3CCCO3)c(C)c2)cc1C)CC. The third-order valence-corrected chi connectivity index (χ3v) is 15.7. The highest BCUT2D eigenvalue weighted by Gasteiger charge is 2.33. The van der Waals surface area contributed by atoms with Crippen molar-refractivity contribution in [3.63, 3.8) is 0 Å². The van der Waals surface area contributed by atoms with Crippen LogP contribution in [0.15, 0.2) is 84.9 Å². The van der Waals surface area contributed by atoms with Crippen LogP contribution in [0.1, 0.15) is 188 Å². The molecule has 4 aromatic carbocycles. The van der Waals surface area contributed by atoms with Crippen LogP contribution < -0.4 is 9.47 Å². The summed E-state index contributed by atoms with van der Waals surface area (Å²) < 4.78 is 17.7. The Hall–Kier alpha value is -4.24. The summed E-state index contributed by atoms with van der Waals surface area (Å²) in [6.07, 6.45) is 17.9. The van der Waals surface area contributed by atoms with Crippen molar-refractivity contribution in [3.05, 3.63) is 141 Å². The zero-order valence-corrected chi connectivity index (χ0v) is 44.7. The lowest BCUT2D eigenvalue weighted by Gasteiger charge is -2.34. The molecule has 2 atom stereocenters. The smallest absolute Gasteiger partial charge is 0.122 e. The number of aliphatic hydroxyl groups is 4. The molecule has 0 bridgehead atoms. The average Bonchev–Trinajstić information content (AvgIpc) is 3.89.